The van der Waals surface area contributed by atoms with Crippen LogP contribution in [-0.2, 0) is 4.74 Å². The van der Waals surface area contributed by atoms with Crippen LogP contribution in [0.1, 0.15) is 13.3 Å². The SMILES string of the molecule is COCCC(C)(O)CNc1nc(N)cc(Br)n1. The summed E-state index contributed by atoms with van der Waals surface area (Å²) in [7, 11) is 1.60. The first-order valence-corrected chi connectivity index (χ1v) is 5.97. The van der Waals surface area contributed by atoms with Gasteiger partial charge in [-0.25, -0.2) is 4.98 Å². The maximum atomic E-state index is 10.0. The Balaban J connectivity index is 2.54. The zero-order valence-corrected chi connectivity index (χ0v) is 11.5. The molecule has 0 aliphatic rings. The molecule has 1 heterocycles. The van der Waals surface area contributed by atoms with E-state index in [9.17, 15) is 5.11 Å². The molecular formula is C10H17BrN4O2. The predicted molar refractivity (Wildman–Crippen MR) is 69.8 cm³/mol. The monoisotopic (exact) mass is 304 g/mol. The number of nitrogens with one attached hydrogen (secondary N) is 1. The molecule has 4 N–H and O–H groups in total. The summed E-state index contributed by atoms with van der Waals surface area (Å²) in [4.78, 5) is 8.09. The van der Waals surface area contributed by atoms with Crippen LogP contribution < -0.4 is 11.1 Å². The molecule has 1 aromatic heterocycles. The summed E-state index contributed by atoms with van der Waals surface area (Å²) in [5.74, 6) is 0.750. The van der Waals surface area contributed by atoms with Crippen LogP contribution in [0.2, 0.25) is 0 Å². The van der Waals surface area contributed by atoms with Gasteiger partial charge in [-0.1, -0.05) is 0 Å². The molecule has 1 atom stereocenters. The standard InChI is InChI=1S/C10H17BrN4O2/c1-10(16,3-4-17-2)6-13-9-14-7(11)5-8(12)15-9/h5,16H,3-4,6H2,1-2H3,(H3,12,13,14,15). The van der Waals surface area contributed by atoms with Gasteiger partial charge in [-0.05, 0) is 22.9 Å². The van der Waals surface area contributed by atoms with Crippen LogP contribution >= 0.6 is 15.9 Å². The average molecular weight is 305 g/mol. The molecule has 0 bridgehead atoms. The predicted octanol–water partition coefficient (Wildman–Crippen LogP) is 1.02. The van der Waals surface area contributed by atoms with E-state index in [1.807, 2.05) is 0 Å². The molecule has 0 aliphatic carbocycles. The highest BCUT2D eigenvalue weighted by Crippen LogP contribution is 2.14. The molecule has 0 saturated carbocycles. The van der Waals surface area contributed by atoms with Crippen molar-refractivity contribution < 1.29 is 9.84 Å². The maximum absolute atomic E-state index is 10.0. The van der Waals surface area contributed by atoms with Crippen LogP contribution in [0.15, 0.2) is 10.7 Å². The summed E-state index contributed by atoms with van der Waals surface area (Å²) in [5, 5.41) is 12.9. The molecule has 0 amide bonds. The highest BCUT2D eigenvalue weighted by molar-refractivity contribution is 9.10. The Morgan fingerprint density at radius 3 is 2.88 bits per heavy atom. The fourth-order valence-electron chi connectivity index (χ4n) is 1.19. The summed E-state index contributed by atoms with van der Waals surface area (Å²) in [6.07, 6.45) is 0.528. The smallest absolute Gasteiger partial charge is 0.225 e. The summed E-state index contributed by atoms with van der Waals surface area (Å²) in [6.45, 7) is 2.54. The van der Waals surface area contributed by atoms with Crippen molar-refractivity contribution in [2.45, 2.75) is 18.9 Å². The van der Waals surface area contributed by atoms with Gasteiger partial charge >= 0.3 is 0 Å². The van der Waals surface area contributed by atoms with Crippen LogP contribution in [0.3, 0.4) is 0 Å². The van der Waals surface area contributed by atoms with Crippen LogP contribution in [0, 0.1) is 0 Å². The Labute approximate surface area is 109 Å². The number of aliphatic hydroxyl groups is 1. The van der Waals surface area contributed by atoms with Gasteiger partial charge in [0.25, 0.3) is 0 Å². The quantitative estimate of drug-likeness (QED) is 0.680. The molecular weight excluding hydrogens is 288 g/mol. The minimum absolute atomic E-state index is 0.326. The van der Waals surface area contributed by atoms with E-state index in [4.69, 9.17) is 10.5 Å². The lowest BCUT2D eigenvalue weighted by atomic mass is 10.0. The number of hydrogen-bond acceptors (Lipinski definition) is 6. The summed E-state index contributed by atoms with van der Waals surface area (Å²) in [6, 6.07) is 1.61. The van der Waals surface area contributed by atoms with E-state index in [0.29, 0.717) is 35.9 Å². The van der Waals surface area contributed by atoms with Gasteiger partial charge < -0.3 is 20.9 Å². The summed E-state index contributed by atoms with van der Waals surface area (Å²) >= 11 is 3.22. The van der Waals surface area contributed by atoms with Gasteiger partial charge in [0.1, 0.15) is 10.4 Å². The van der Waals surface area contributed by atoms with Gasteiger partial charge in [0.15, 0.2) is 0 Å². The molecule has 96 valence electrons. The number of ether oxygens (including phenoxy) is 1. The minimum atomic E-state index is -0.879. The zero-order valence-electron chi connectivity index (χ0n) is 9.90. The fourth-order valence-corrected chi connectivity index (χ4v) is 1.60. The highest BCUT2D eigenvalue weighted by Gasteiger charge is 2.20. The summed E-state index contributed by atoms with van der Waals surface area (Å²) in [5.41, 5.74) is 4.70. The third kappa shape index (κ3) is 5.29. The second-order valence-corrected chi connectivity index (χ2v) is 4.84. The van der Waals surface area contributed by atoms with E-state index in [0.717, 1.165) is 0 Å². The number of nitrogen functional groups attached to an aromatic ring is 1. The zero-order chi connectivity index (χ0) is 12.9. The Morgan fingerprint density at radius 2 is 2.29 bits per heavy atom. The van der Waals surface area contributed by atoms with E-state index >= 15 is 0 Å². The molecule has 0 spiro atoms. The highest BCUT2D eigenvalue weighted by atomic mass is 79.9. The van der Waals surface area contributed by atoms with Crippen molar-refractivity contribution in [2.75, 3.05) is 31.3 Å². The number of hydrogen-bond donors (Lipinski definition) is 3. The van der Waals surface area contributed by atoms with Gasteiger partial charge in [0, 0.05) is 32.7 Å². The normalized spacial score (nSPS) is 14.4. The third-order valence-corrected chi connectivity index (χ3v) is 2.59. The maximum Gasteiger partial charge on any atom is 0.225 e. The van der Waals surface area contributed by atoms with E-state index in [1.54, 1.807) is 20.1 Å². The average Bonchev–Trinajstić information content (AvgIpc) is 2.23. The number of halogens is 1. The molecule has 1 aromatic rings. The molecule has 0 radical (unpaired) electrons. The molecule has 1 rings (SSSR count). The van der Waals surface area contributed by atoms with E-state index < -0.39 is 5.60 Å². The van der Waals surface area contributed by atoms with Crippen LogP contribution in [0.25, 0.3) is 0 Å². The first kappa shape index (κ1) is 14.1. The number of rotatable bonds is 6. The summed E-state index contributed by atoms with van der Waals surface area (Å²) < 4.78 is 5.52. The van der Waals surface area contributed by atoms with Crippen molar-refractivity contribution in [3.8, 4) is 0 Å². The molecule has 0 saturated heterocycles. The Kier molecular flexibility index (Phi) is 5.10. The van der Waals surface area contributed by atoms with Crippen molar-refractivity contribution in [3.05, 3.63) is 10.7 Å². The first-order valence-electron chi connectivity index (χ1n) is 5.18. The van der Waals surface area contributed by atoms with E-state index in [1.165, 1.54) is 0 Å². The Bertz CT molecular complexity index is 353. The van der Waals surface area contributed by atoms with Crippen molar-refractivity contribution in [1.29, 1.82) is 0 Å². The second kappa shape index (κ2) is 6.13. The van der Waals surface area contributed by atoms with Crippen molar-refractivity contribution >= 4 is 27.7 Å². The number of methoxy groups -OCH3 is 1. The molecule has 7 heteroatoms. The lowest BCUT2D eigenvalue weighted by Crippen LogP contribution is -2.35. The van der Waals surface area contributed by atoms with Gasteiger partial charge in [-0.3, -0.25) is 0 Å². The lowest BCUT2D eigenvalue weighted by molar-refractivity contribution is 0.0356. The molecule has 0 fully saturated rings. The van der Waals surface area contributed by atoms with Gasteiger partial charge in [0.05, 0.1) is 5.60 Å². The Hall–Kier alpha value is -0.920. The molecule has 6 nitrogen and oxygen atoms in total. The number of anilines is 2. The molecule has 17 heavy (non-hydrogen) atoms. The number of nitrogens with zero attached hydrogens (tertiary/aromatic N) is 2. The Morgan fingerprint density at radius 1 is 1.59 bits per heavy atom. The van der Waals surface area contributed by atoms with Crippen molar-refractivity contribution in [1.82, 2.24) is 9.97 Å². The van der Waals surface area contributed by atoms with Gasteiger partial charge in [-0.15, -0.1) is 0 Å². The van der Waals surface area contributed by atoms with Gasteiger partial charge in [-0.2, -0.15) is 4.98 Å². The third-order valence-electron chi connectivity index (χ3n) is 2.19. The molecule has 0 aromatic carbocycles. The second-order valence-electron chi connectivity index (χ2n) is 4.03. The fraction of sp³-hybridized carbons (Fsp3) is 0.600. The van der Waals surface area contributed by atoms with Crippen LogP contribution in [0.4, 0.5) is 11.8 Å². The van der Waals surface area contributed by atoms with Crippen molar-refractivity contribution in [3.63, 3.8) is 0 Å². The van der Waals surface area contributed by atoms with Crippen molar-refractivity contribution in [2.24, 2.45) is 0 Å². The first-order chi connectivity index (χ1) is 7.93. The van der Waals surface area contributed by atoms with Crippen LogP contribution in [0.5, 0.6) is 0 Å². The topological polar surface area (TPSA) is 93.3 Å². The lowest BCUT2D eigenvalue weighted by Gasteiger charge is -2.23. The largest absolute Gasteiger partial charge is 0.388 e. The molecule has 1 unspecified atom stereocenters. The number of nitrogens with two attached hydrogens (primary N) is 1. The van der Waals surface area contributed by atoms with E-state index in [2.05, 4.69) is 31.2 Å². The number of aromatic nitrogens is 2. The van der Waals surface area contributed by atoms with E-state index in [-0.39, 0.29) is 0 Å². The van der Waals surface area contributed by atoms with Gasteiger partial charge in [0.2, 0.25) is 5.95 Å². The minimum Gasteiger partial charge on any atom is -0.388 e. The van der Waals surface area contributed by atoms with Crippen LogP contribution in [-0.4, -0.2) is 40.9 Å². The molecule has 0 aliphatic heterocycles.